The average Bonchev–Trinajstić information content (AvgIpc) is 3.23. The number of aromatic nitrogens is 2. The minimum atomic E-state index is -0.487. The number of hydrogen-bond donors (Lipinski definition) is 0. The average molecular weight is 296 g/mol. The number of carbonyl (C=O) groups is 1. The summed E-state index contributed by atoms with van der Waals surface area (Å²) < 4.78 is 12.7. The number of fused-ring (bicyclic) bond motifs is 1. The number of benzene rings is 1. The largest absolute Gasteiger partial charge is 0.449 e. The normalized spacial score (nSPS) is 14.5. The zero-order chi connectivity index (χ0) is 15.3. The summed E-state index contributed by atoms with van der Waals surface area (Å²) in [5.41, 5.74) is 2.48. The molecule has 112 valence electrons. The number of rotatable bonds is 3. The molecule has 0 spiro atoms. The number of nitrogens with zero attached hydrogens (tertiary/aromatic N) is 2. The molecule has 1 fully saturated rings. The van der Waals surface area contributed by atoms with Crippen LogP contribution >= 0.6 is 0 Å². The Morgan fingerprint density at radius 3 is 2.86 bits per heavy atom. The maximum absolute atomic E-state index is 12.4. The molecule has 0 atom stereocenters. The van der Waals surface area contributed by atoms with Crippen LogP contribution in [0.25, 0.3) is 11.0 Å². The second-order valence-corrected chi connectivity index (χ2v) is 5.75. The van der Waals surface area contributed by atoms with Crippen molar-refractivity contribution in [2.45, 2.75) is 25.7 Å². The number of aryl methyl sites for hydroxylation is 2. The molecule has 1 aliphatic carbocycles. The molecular weight excluding hydrogens is 280 g/mol. The highest BCUT2D eigenvalue weighted by atomic mass is 16.6. The maximum Gasteiger partial charge on any atom is 0.381 e. The van der Waals surface area contributed by atoms with Crippen molar-refractivity contribution in [3.8, 4) is 5.88 Å². The van der Waals surface area contributed by atoms with E-state index in [1.807, 2.05) is 37.3 Å². The van der Waals surface area contributed by atoms with Crippen molar-refractivity contribution in [2.75, 3.05) is 0 Å². The van der Waals surface area contributed by atoms with E-state index in [2.05, 4.69) is 5.10 Å². The fourth-order valence-corrected chi connectivity index (χ4v) is 2.66. The van der Waals surface area contributed by atoms with Crippen molar-refractivity contribution in [1.29, 1.82) is 0 Å². The maximum atomic E-state index is 12.4. The van der Waals surface area contributed by atoms with Gasteiger partial charge in [-0.25, -0.2) is 9.48 Å². The van der Waals surface area contributed by atoms with Gasteiger partial charge < -0.3 is 9.15 Å². The van der Waals surface area contributed by atoms with Gasteiger partial charge in [0.15, 0.2) is 0 Å². The van der Waals surface area contributed by atoms with Crippen LogP contribution in [0, 0.1) is 6.92 Å². The van der Waals surface area contributed by atoms with E-state index in [-0.39, 0.29) is 5.76 Å². The molecule has 1 aliphatic rings. The molecule has 1 saturated carbocycles. The topological polar surface area (TPSA) is 57.3 Å². The molecule has 2 heterocycles. The van der Waals surface area contributed by atoms with Crippen LogP contribution in [0.3, 0.4) is 0 Å². The molecule has 0 N–H and O–H groups in total. The van der Waals surface area contributed by atoms with Gasteiger partial charge in [-0.1, -0.05) is 18.2 Å². The van der Waals surface area contributed by atoms with Crippen molar-refractivity contribution >= 4 is 16.9 Å². The van der Waals surface area contributed by atoms with E-state index in [9.17, 15) is 4.79 Å². The quantitative estimate of drug-likeness (QED) is 0.693. The second kappa shape index (κ2) is 4.73. The summed E-state index contributed by atoms with van der Waals surface area (Å²) in [5, 5.41) is 5.32. The van der Waals surface area contributed by atoms with Crippen molar-refractivity contribution in [3.63, 3.8) is 0 Å². The number of carbonyl (C=O) groups excluding carboxylic acids is 1. The van der Waals surface area contributed by atoms with E-state index >= 15 is 0 Å². The van der Waals surface area contributed by atoms with Gasteiger partial charge in [0.1, 0.15) is 5.58 Å². The third-order valence-electron chi connectivity index (χ3n) is 4.08. The lowest BCUT2D eigenvalue weighted by molar-refractivity contribution is 0.0688. The van der Waals surface area contributed by atoms with Gasteiger partial charge in [0.2, 0.25) is 11.6 Å². The van der Waals surface area contributed by atoms with Crippen LogP contribution in [0.15, 0.2) is 34.7 Å². The van der Waals surface area contributed by atoms with Gasteiger partial charge in [-0.05, 0) is 25.8 Å². The Kier molecular flexibility index (Phi) is 2.82. The van der Waals surface area contributed by atoms with Gasteiger partial charge in [0.25, 0.3) is 0 Å². The molecule has 4 rings (SSSR count). The van der Waals surface area contributed by atoms with Crippen molar-refractivity contribution in [1.82, 2.24) is 9.78 Å². The summed E-state index contributed by atoms with van der Waals surface area (Å²) in [6.45, 7) is 1.86. The van der Waals surface area contributed by atoms with Gasteiger partial charge in [-0.2, -0.15) is 5.10 Å². The van der Waals surface area contributed by atoms with Crippen LogP contribution in [0.1, 0.15) is 40.6 Å². The van der Waals surface area contributed by atoms with Crippen LogP contribution in [-0.2, 0) is 7.05 Å². The molecule has 22 heavy (non-hydrogen) atoms. The highest BCUT2D eigenvalue weighted by molar-refractivity contribution is 5.96. The van der Waals surface area contributed by atoms with E-state index in [0.717, 1.165) is 29.5 Å². The van der Waals surface area contributed by atoms with E-state index in [1.165, 1.54) is 0 Å². The fourth-order valence-electron chi connectivity index (χ4n) is 2.66. The first-order valence-corrected chi connectivity index (χ1v) is 7.37. The van der Waals surface area contributed by atoms with Gasteiger partial charge >= 0.3 is 5.97 Å². The summed E-state index contributed by atoms with van der Waals surface area (Å²) in [7, 11) is 1.78. The Morgan fingerprint density at radius 2 is 2.14 bits per heavy atom. The van der Waals surface area contributed by atoms with E-state index < -0.39 is 5.97 Å². The monoisotopic (exact) mass is 296 g/mol. The molecule has 0 aliphatic heterocycles. The summed E-state index contributed by atoms with van der Waals surface area (Å²) in [6, 6.07) is 9.41. The lowest BCUT2D eigenvalue weighted by atomic mass is 10.1. The molecule has 0 saturated heterocycles. The lowest BCUT2D eigenvalue weighted by Crippen LogP contribution is -2.11. The summed E-state index contributed by atoms with van der Waals surface area (Å²) in [5.74, 6) is 0.729. The zero-order valence-electron chi connectivity index (χ0n) is 12.5. The van der Waals surface area contributed by atoms with Crippen LogP contribution in [0.4, 0.5) is 0 Å². The first-order chi connectivity index (χ1) is 10.6. The Morgan fingerprint density at radius 1 is 1.36 bits per heavy atom. The third kappa shape index (κ3) is 2.09. The highest BCUT2D eigenvalue weighted by Crippen LogP contribution is 2.40. The summed E-state index contributed by atoms with van der Waals surface area (Å²) in [4.78, 5) is 12.4. The molecule has 0 radical (unpaired) electrons. The molecule has 2 aromatic heterocycles. The first kappa shape index (κ1) is 13.1. The minimum absolute atomic E-state index is 0.246. The fraction of sp³-hybridized carbons (Fsp3) is 0.294. The van der Waals surface area contributed by atoms with E-state index in [1.54, 1.807) is 11.7 Å². The number of para-hydroxylation sites is 1. The van der Waals surface area contributed by atoms with Crippen molar-refractivity contribution in [2.24, 2.45) is 7.05 Å². The minimum Gasteiger partial charge on any atom is -0.449 e. The molecule has 5 heteroatoms. The molecular formula is C17H16N2O3. The van der Waals surface area contributed by atoms with Crippen LogP contribution in [0.5, 0.6) is 5.88 Å². The highest BCUT2D eigenvalue weighted by Gasteiger charge is 2.28. The predicted octanol–water partition coefficient (Wildman–Crippen LogP) is 3.57. The Hall–Kier alpha value is -2.56. The SMILES string of the molecule is Cc1c(C(=O)Oc2cc(C3CC3)nn2C)oc2ccccc12. The molecule has 3 aromatic rings. The van der Waals surface area contributed by atoms with E-state index in [4.69, 9.17) is 9.15 Å². The number of ether oxygens (including phenoxy) is 1. The van der Waals surface area contributed by atoms with Crippen LogP contribution < -0.4 is 4.74 Å². The summed E-state index contributed by atoms with van der Waals surface area (Å²) >= 11 is 0. The molecule has 5 nitrogen and oxygen atoms in total. The summed E-state index contributed by atoms with van der Waals surface area (Å²) in [6.07, 6.45) is 2.32. The van der Waals surface area contributed by atoms with Gasteiger partial charge in [0, 0.05) is 30.0 Å². The Bertz CT molecular complexity index is 871. The molecule has 1 aromatic carbocycles. The Balaban J connectivity index is 1.64. The van der Waals surface area contributed by atoms with Crippen LogP contribution in [-0.4, -0.2) is 15.7 Å². The molecule has 0 unspecified atom stereocenters. The predicted molar refractivity (Wildman–Crippen MR) is 81.1 cm³/mol. The lowest BCUT2D eigenvalue weighted by Gasteiger charge is -2.02. The van der Waals surface area contributed by atoms with Crippen molar-refractivity contribution in [3.05, 3.63) is 47.3 Å². The number of hydrogen-bond acceptors (Lipinski definition) is 4. The van der Waals surface area contributed by atoms with Gasteiger partial charge in [-0.3, -0.25) is 0 Å². The number of furan rings is 1. The van der Waals surface area contributed by atoms with E-state index in [0.29, 0.717) is 17.4 Å². The Labute approximate surface area is 127 Å². The van der Waals surface area contributed by atoms with Crippen molar-refractivity contribution < 1.29 is 13.9 Å². The standard InChI is InChI=1S/C17H16N2O3/c1-10-12-5-3-4-6-14(12)21-16(10)17(20)22-15-9-13(11-7-8-11)18-19(15)2/h3-6,9,11H,7-8H2,1-2H3. The number of esters is 1. The third-order valence-corrected chi connectivity index (χ3v) is 4.08. The molecule has 0 amide bonds. The zero-order valence-corrected chi connectivity index (χ0v) is 12.5. The smallest absolute Gasteiger partial charge is 0.381 e. The molecule has 0 bridgehead atoms. The first-order valence-electron chi connectivity index (χ1n) is 7.37. The second-order valence-electron chi connectivity index (χ2n) is 5.75. The van der Waals surface area contributed by atoms with Gasteiger partial charge in [-0.15, -0.1) is 0 Å². The van der Waals surface area contributed by atoms with Crippen LogP contribution in [0.2, 0.25) is 0 Å². The van der Waals surface area contributed by atoms with Gasteiger partial charge in [0.05, 0.1) is 5.69 Å².